The van der Waals surface area contributed by atoms with Crippen molar-refractivity contribution in [2.75, 3.05) is 13.1 Å². The molecule has 1 aliphatic rings. The van der Waals surface area contributed by atoms with Crippen LogP contribution in [-0.2, 0) is 9.59 Å². The van der Waals surface area contributed by atoms with Crippen LogP contribution in [0.4, 0.5) is 0 Å². The zero-order valence-electron chi connectivity index (χ0n) is 15.4. The van der Waals surface area contributed by atoms with E-state index in [1.165, 1.54) is 0 Å². The van der Waals surface area contributed by atoms with Gasteiger partial charge in [-0.3, -0.25) is 9.59 Å². The van der Waals surface area contributed by atoms with Gasteiger partial charge in [0.1, 0.15) is 0 Å². The molecule has 1 rings (SSSR count). The van der Waals surface area contributed by atoms with E-state index < -0.39 is 5.41 Å². The van der Waals surface area contributed by atoms with Gasteiger partial charge in [-0.05, 0) is 24.2 Å². The molecule has 0 saturated carbocycles. The second-order valence-electron chi connectivity index (χ2n) is 8.56. The number of nitrogens with zero attached hydrogens (tertiary/aromatic N) is 1. The maximum absolute atomic E-state index is 12.4. The molecule has 0 aromatic rings. The van der Waals surface area contributed by atoms with Gasteiger partial charge in [-0.2, -0.15) is 0 Å². The van der Waals surface area contributed by atoms with Gasteiger partial charge >= 0.3 is 0 Å². The molecule has 128 valence electrons. The van der Waals surface area contributed by atoms with Gasteiger partial charge in [0, 0.05) is 31.0 Å². The quantitative estimate of drug-likeness (QED) is 0.867. The van der Waals surface area contributed by atoms with Gasteiger partial charge in [-0.25, -0.2) is 0 Å². The number of nitrogens with one attached hydrogen (secondary N) is 1. The van der Waals surface area contributed by atoms with Gasteiger partial charge in [-0.1, -0.05) is 48.5 Å². The minimum atomic E-state index is -0.391. The van der Waals surface area contributed by atoms with Crippen molar-refractivity contribution in [3.8, 4) is 0 Å². The van der Waals surface area contributed by atoms with Gasteiger partial charge in [0.25, 0.3) is 0 Å². The van der Waals surface area contributed by atoms with E-state index >= 15 is 0 Å². The van der Waals surface area contributed by atoms with Crippen molar-refractivity contribution < 1.29 is 9.59 Å². The molecular formula is C18H34N2O2. The molecule has 1 N–H and O–H groups in total. The summed E-state index contributed by atoms with van der Waals surface area (Å²) in [5, 5.41) is 3.15. The van der Waals surface area contributed by atoms with Crippen LogP contribution in [0, 0.1) is 23.2 Å². The number of rotatable bonds is 4. The number of piperidine rings is 1. The van der Waals surface area contributed by atoms with Crippen molar-refractivity contribution in [2.24, 2.45) is 23.2 Å². The second kappa shape index (κ2) is 7.47. The normalized spacial score (nSPS) is 23.0. The molecule has 0 aromatic carbocycles. The summed E-state index contributed by atoms with van der Waals surface area (Å²) < 4.78 is 0. The van der Waals surface area contributed by atoms with E-state index in [0.29, 0.717) is 30.7 Å². The number of carbonyl (C=O) groups is 2. The second-order valence-corrected chi connectivity index (χ2v) is 8.56. The summed E-state index contributed by atoms with van der Waals surface area (Å²) in [7, 11) is 0. The Morgan fingerprint density at radius 3 is 2.18 bits per heavy atom. The summed E-state index contributed by atoms with van der Waals surface area (Å²) >= 11 is 0. The Hall–Kier alpha value is -1.06. The maximum Gasteiger partial charge on any atom is 0.225 e. The molecular weight excluding hydrogens is 276 g/mol. The summed E-state index contributed by atoms with van der Waals surface area (Å²) in [5.41, 5.74) is -0.391. The zero-order chi connectivity index (χ0) is 17.1. The van der Waals surface area contributed by atoms with Crippen molar-refractivity contribution in [1.29, 1.82) is 0 Å². The van der Waals surface area contributed by atoms with Crippen LogP contribution >= 0.6 is 0 Å². The van der Waals surface area contributed by atoms with E-state index in [1.807, 2.05) is 25.7 Å². The molecule has 0 spiro atoms. The Morgan fingerprint density at radius 2 is 1.73 bits per heavy atom. The average Bonchev–Trinajstić information content (AvgIpc) is 2.36. The van der Waals surface area contributed by atoms with Crippen molar-refractivity contribution in [2.45, 2.75) is 67.3 Å². The largest absolute Gasteiger partial charge is 0.351 e. The maximum atomic E-state index is 12.4. The van der Waals surface area contributed by atoms with Crippen LogP contribution < -0.4 is 5.32 Å². The molecule has 4 nitrogen and oxygen atoms in total. The number of hydrogen-bond acceptors (Lipinski definition) is 2. The van der Waals surface area contributed by atoms with Crippen LogP contribution in [0.1, 0.15) is 61.3 Å². The van der Waals surface area contributed by atoms with Gasteiger partial charge < -0.3 is 10.2 Å². The molecule has 2 amide bonds. The van der Waals surface area contributed by atoms with Crippen LogP contribution in [0.25, 0.3) is 0 Å². The Balaban J connectivity index is 2.77. The predicted molar refractivity (Wildman–Crippen MR) is 90.4 cm³/mol. The van der Waals surface area contributed by atoms with E-state index in [-0.39, 0.29) is 17.9 Å². The summed E-state index contributed by atoms with van der Waals surface area (Å²) in [6, 6.07) is 0.0731. The molecule has 22 heavy (non-hydrogen) atoms. The first-order valence-corrected chi connectivity index (χ1v) is 8.59. The average molecular weight is 310 g/mol. The van der Waals surface area contributed by atoms with Crippen molar-refractivity contribution in [3.63, 3.8) is 0 Å². The van der Waals surface area contributed by atoms with Crippen molar-refractivity contribution >= 4 is 11.8 Å². The van der Waals surface area contributed by atoms with Gasteiger partial charge in [0.2, 0.25) is 11.8 Å². The molecule has 0 radical (unpaired) electrons. The van der Waals surface area contributed by atoms with Crippen LogP contribution in [0.3, 0.4) is 0 Å². The Labute approximate surface area is 136 Å². The molecule has 0 aliphatic carbocycles. The lowest BCUT2D eigenvalue weighted by molar-refractivity contribution is -0.137. The van der Waals surface area contributed by atoms with Crippen LogP contribution in [0.2, 0.25) is 0 Å². The smallest absolute Gasteiger partial charge is 0.225 e. The summed E-state index contributed by atoms with van der Waals surface area (Å²) in [6.45, 7) is 15.8. The minimum Gasteiger partial charge on any atom is -0.351 e. The topological polar surface area (TPSA) is 49.4 Å². The number of carbonyl (C=O) groups excluding carboxylic acids is 2. The highest BCUT2D eigenvalue weighted by Crippen LogP contribution is 2.26. The Kier molecular flexibility index (Phi) is 6.45. The first kappa shape index (κ1) is 19.0. The molecule has 4 heteroatoms. The molecule has 1 fully saturated rings. The Morgan fingerprint density at radius 1 is 1.14 bits per heavy atom. The van der Waals surface area contributed by atoms with Crippen LogP contribution in [0.15, 0.2) is 0 Å². The minimum absolute atomic E-state index is 0.0677. The van der Waals surface area contributed by atoms with Crippen LogP contribution in [-0.4, -0.2) is 35.8 Å². The highest BCUT2D eigenvalue weighted by molar-refractivity contribution is 5.82. The van der Waals surface area contributed by atoms with E-state index in [0.717, 1.165) is 13.0 Å². The molecule has 2 unspecified atom stereocenters. The summed E-state index contributed by atoms with van der Waals surface area (Å²) in [4.78, 5) is 26.6. The fourth-order valence-electron chi connectivity index (χ4n) is 2.81. The monoisotopic (exact) mass is 310 g/mol. The van der Waals surface area contributed by atoms with E-state index in [1.54, 1.807) is 0 Å². The molecule has 2 atom stereocenters. The Bertz CT molecular complexity index is 396. The van der Waals surface area contributed by atoms with E-state index in [2.05, 4.69) is 33.0 Å². The third-order valence-electron chi connectivity index (χ3n) is 4.38. The van der Waals surface area contributed by atoms with Crippen molar-refractivity contribution in [1.82, 2.24) is 10.2 Å². The summed E-state index contributed by atoms with van der Waals surface area (Å²) in [5.74, 6) is 1.63. The first-order valence-electron chi connectivity index (χ1n) is 8.59. The van der Waals surface area contributed by atoms with Gasteiger partial charge in [0.15, 0.2) is 0 Å². The fourth-order valence-corrected chi connectivity index (χ4v) is 2.81. The standard InChI is InChI=1S/C18H34N2O2/c1-12(2)8-16(21)20-10-14(13(3)4)9-15(11-20)19-17(22)18(5,6)7/h12-15H,8-11H2,1-7H3,(H,19,22). The van der Waals surface area contributed by atoms with Gasteiger partial charge in [0.05, 0.1) is 0 Å². The molecule has 0 aromatic heterocycles. The third kappa shape index (κ3) is 5.62. The fraction of sp³-hybridized carbons (Fsp3) is 0.889. The zero-order valence-corrected chi connectivity index (χ0v) is 15.4. The lowest BCUT2D eigenvalue weighted by Crippen LogP contribution is -2.55. The van der Waals surface area contributed by atoms with E-state index in [4.69, 9.17) is 0 Å². The highest BCUT2D eigenvalue weighted by atomic mass is 16.2. The predicted octanol–water partition coefficient (Wildman–Crippen LogP) is 3.07. The molecule has 1 heterocycles. The molecule has 0 bridgehead atoms. The van der Waals surface area contributed by atoms with Crippen LogP contribution in [0.5, 0.6) is 0 Å². The lowest BCUT2D eigenvalue weighted by Gasteiger charge is -2.40. The first-order chi connectivity index (χ1) is 10.0. The van der Waals surface area contributed by atoms with E-state index in [9.17, 15) is 9.59 Å². The number of hydrogen-bond donors (Lipinski definition) is 1. The lowest BCUT2D eigenvalue weighted by atomic mass is 9.84. The SMILES string of the molecule is CC(C)CC(=O)N1CC(NC(=O)C(C)(C)C)CC(C(C)C)C1. The van der Waals surface area contributed by atoms with Crippen molar-refractivity contribution in [3.05, 3.63) is 0 Å². The van der Waals surface area contributed by atoms with Gasteiger partial charge in [-0.15, -0.1) is 0 Å². The highest BCUT2D eigenvalue weighted by Gasteiger charge is 2.33. The molecule has 1 aliphatic heterocycles. The summed E-state index contributed by atoms with van der Waals surface area (Å²) in [6.07, 6.45) is 1.55. The number of amides is 2. The third-order valence-corrected chi connectivity index (χ3v) is 4.38. The molecule has 1 saturated heterocycles. The number of likely N-dealkylation sites (tertiary alicyclic amines) is 1.